The smallest absolute Gasteiger partial charge is 0.262 e. The number of aliphatic hydroxyl groups is 1. The molecular weight excluding hydrogens is 406 g/mol. The summed E-state index contributed by atoms with van der Waals surface area (Å²) in [6, 6.07) is 11.5. The molecule has 31 heavy (non-hydrogen) atoms. The lowest BCUT2D eigenvalue weighted by Gasteiger charge is -2.33. The molecule has 5 rings (SSSR count). The van der Waals surface area contributed by atoms with Crippen molar-refractivity contribution >= 4 is 21.6 Å². The van der Waals surface area contributed by atoms with Crippen molar-refractivity contribution in [2.75, 3.05) is 13.2 Å². The molecule has 1 fully saturated rings. The van der Waals surface area contributed by atoms with E-state index in [1.165, 1.54) is 41.7 Å². The SMILES string of the molecule is O=c1c2c3c(sc2ncn1CCCO)CC(NCC1(c2ccccc2)CCCC1)CC3. The largest absolute Gasteiger partial charge is 0.396 e. The van der Waals surface area contributed by atoms with Crippen LogP contribution in [0.5, 0.6) is 0 Å². The minimum atomic E-state index is 0.0522. The van der Waals surface area contributed by atoms with Gasteiger partial charge in [0, 0.05) is 36.0 Å². The summed E-state index contributed by atoms with van der Waals surface area (Å²) in [6.07, 6.45) is 10.4. The topological polar surface area (TPSA) is 67.2 Å². The number of rotatable bonds is 7. The van der Waals surface area contributed by atoms with Crippen LogP contribution in [0.2, 0.25) is 0 Å². The van der Waals surface area contributed by atoms with E-state index in [1.807, 2.05) is 0 Å². The van der Waals surface area contributed by atoms with Crippen molar-refractivity contribution in [3.8, 4) is 0 Å². The molecule has 6 heteroatoms. The first-order valence-corrected chi connectivity index (χ1v) is 12.4. The van der Waals surface area contributed by atoms with E-state index in [0.717, 1.165) is 36.0 Å². The molecular formula is C25H31N3O2S. The maximum absolute atomic E-state index is 13.0. The first-order chi connectivity index (χ1) is 15.2. The Morgan fingerprint density at radius 2 is 2.03 bits per heavy atom. The van der Waals surface area contributed by atoms with Gasteiger partial charge in [-0.1, -0.05) is 43.2 Å². The number of benzene rings is 1. The molecule has 164 valence electrons. The number of aromatic nitrogens is 2. The van der Waals surface area contributed by atoms with Crippen LogP contribution in [0.25, 0.3) is 10.2 Å². The van der Waals surface area contributed by atoms with Crippen LogP contribution >= 0.6 is 11.3 Å². The molecule has 1 atom stereocenters. The molecule has 3 aromatic rings. The van der Waals surface area contributed by atoms with Crippen LogP contribution in [0.3, 0.4) is 0 Å². The maximum atomic E-state index is 13.0. The van der Waals surface area contributed by atoms with E-state index >= 15 is 0 Å². The second-order valence-electron chi connectivity index (χ2n) is 9.18. The molecule has 0 amide bonds. The summed E-state index contributed by atoms with van der Waals surface area (Å²) < 4.78 is 1.65. The van der Waals surface area contributed by atoms with Gasteiger partial charge < -0.3 is 10.4 Å². The molecule has 2 aliphatic rings. The van der Waals surface area contributed by atoms with Crippen LogP contribution < -0.4 is 10.9 Å². The molecule has 0 spiro atoms. The lowest BCUT2D eigenvalue weighted by atomic mass is 9.78. The van der Waals surface area contributed by atoms with Crippen LogP contribution in [-0.2, 0) is 24.8 Å². The predicted molar refractivity (Wildman–Crippen MR) is 126 cm³/mol. The third-order valence-corrected chi connectivity index (χ3v) is 8.43. The number of hydrogen-bond acceptors (Lipinski definition) is 5. The number of aliphatic hydroxyl groups excluding tert-OH is 1. The van der Waals surface area contributed by atoms with Crippen molar-refractivity contribution in [3.05, 3.63) is 63.0 Å². The zero-order valence-electron chi connectivity index (χ0n) is 18.0. The number of nitrogens with one attached hydrogen (secondary N) is 1. The summed E-state index contributed by atoms with van der Waals surface area (Å²) in [5.74, 6) is 0. The van der Waals surface area contributed by atoms with Gasteiger partial charge in [0.05, 0.1) is 11.7 Å². The molecule has 2 aliphatic carbocycles. The molecule has 0 bridgehead atoms. The predicted octanol–water partition coefficient (Wildman–Crippen LogP) is 3.80. The van der Waals surface area contributed by atoms with Gasteiger partial charge in [-0.25, -0.2) is 4.98 Å². The summed E-state index contributed by atoms with van der Waals surface area (Å²) in [5, 5.41) is 13.8. The number of hydrogen-bond donors (Lipinski definition) is 2. The third-order valence-electron chi connectivity index (χ3n) is 7.27. The van der Waals surface area contributed by atoms with Gasteiger partial charge in [0.1, 0.15) is 4.83 Å². The van der Waals surface area contributed by atoms with E-state index in [1.54, 1.807) is 22.2 Å². The normalized spacial score (nSPS) is 20.2. The molecule has 1 saturated carbocycles. The Kier molecular flexibility index (Phi) is 5.95. The van der Waals surface area contributed by atoms with Crippen molar-refractivity contribution in [2.45, 2.75) is 69.4 Å². The summed E-state index contributed by atoms with van der Waals surface area (Å²) in [4.78, 5) is 19.7. The highest BCUT2D eigenvalue weighted by Crippen LogP contribution is 2.41. The molecule has 1 unspecified atom stereocenters. The highest BCUT2D eigenvalue weighted by atomic mass is 32.1. The highest BCUT2D eigenvalue weighted by molar-refractivity contribution is 7.18. The van der Waals surface area contributed by atoms with E-state index in [-0.39, 0.29) is 17.6 Å². The standard InChI is InChI=1S/C25H31N3O2S/c29-14-6-13-28-17-27-23-22(24(28)30)20-10-9-19(15-21(20)31-23)26-16-25(11-4-5-12-25)18-7-2-1-3-8-18/h1-3,7-8,17,19,26,29H,4-6,9-16H2. The van der Waals surface area contributed by atoms with Crippen molar-refractivity contribution < 1.29 is 5.11 Å². The Balaban J connectivity index is 1.33. The second-order valence-corrected chi connectivity index (χ2v) is 10.3. The second kappa shape index (κ2) is 8.85. The Hall–Kier alpha value is -2.02. The molecule has 2 heterocycles. The first kappa shape index (κ1) is 20.9. The minimum absolute atomic E-state index is 0.0522. The monoisotopic (exact) mass is 437 g/mol. The van der Waals surface area contributed by atoms with E-state index in [4.69, 9.17) is 5.11 Å². The fourth-order valence-corrected chi connectivity index (χ4v) is 6.78. The van der Waals surface area contributed by atoms with Crippen LogP contribution in [-0.4, -0.2) is 33.9 Å². The maximum Gasteiger partial charge on any atom is 0.262 e. The molecule has 5 nitrogen and oxygen atoms in total. The van der Waals surface area contributed by atoms with Gasteiger partial charge >= 0.3 is 0 Å². The fraction of sp³-hybridized carbons (Fsp3) is 0.520. The third kappa shape index (κ3) is 3.97. The van der Waals surface area contributed by atoms with Crippen molar-refractivity contribution in [1.82, 2.24) is 14.9 Å². The van der Waals surface area contributed by atoms with Crippen molar-refractivity contribution in [3.63, 3.8) is 0 Å². The molecule has 0 saturated heterocycles. The lowest BCUT2D eigenvalue weighted by Crippen LogP contribution is -2.43. The van der Waals surface area contributed by atoms with Crippen LogP contribution in [0, 0.1) is 0 Å². The number of fused-ring (bicyclic) bond motifs is 3. The Bertz CT molecular complexity index is 1100. The number of nitrogens with zero attached hydrogens (tertiary/aromatic N) is 2. The summed E-state index contributed by atoms with van der Waals surface area (Å²) in [5.41, 5.74) is 3.01. The van der Waals surface area contributed by atoms with E-state index in [2.05, 4.69) is 40.6 Å². The average Bonchev–Trinajstić information content (AvgIpc) is 3.43. The Morgan fingerprint density at radius 1 is 1.23 bits per heavy atom. The highest BCUT2D eigenvalue weighted by Gasteiger charge is 2.36. The molecule has 1 aromatic carbocycles. The average molecular weight is 438 g/mol. The number of thiophene rings is 1. The van der Waals surface area contributed by atoms with Crippen molar-refractivity contribution in [1.29, 1.82) is 0 Å². The van der Waals surface area contributed by atoms with Gasteiger partial charge in [0.2, 0.25) is 0 Å². The van der Waals surface area contributed by atoms with Gasteiger partial charge in [0.15, 0.2) is 0 Å². The van der Waals surface area contributed by atoms with E-state index < -0.39 is 0 Å². The zero-order chi connectivity index (χ0) is 21.3. The zero-order valence-corrected chi connectivity index (χ0v) is 18.8. The summed E-state index contributed by atoms with van der Waals surface area (Å²) in [6.45, 7) is 1.65. The first-order valence-electron chi connectivity index (χ1n) is 11.6. The van der Waals surface area contributed by atoms with Gasteiger partial charge in [-0.2, -0.15) is 0 Å². The minimum Gasteiger partial charge on any atom is -0.396 e. The van der Waals surface area contributed by atoms with Crippen LogP contribution in [0.1, 0.15) is 54.5 Å². The summed E-state index contributed by atoms with van der Waals surface area (Å²) in [7, 11) is 0. The van der Waals surface area contributed by atoms with Crippen molar-refractivity contribution in [2.24, 2.45) is 0 Å². The van der Waals surface area contributed by atoms with Gasteiger partial charge in [-0.15, -0.1) is 11.3 Å². The Labute approximate surface area is 187 Å². The van der Waals surface area contributed by atoms with Gasteiger partial charge in [0.25, 0.3) is 5.56 Å². The van der Waals surface area contributed by atoms with E-state index in [0.29, 0.717) is 19.0 Å². The number of aryl methyl sites for hydroxylation is 2. The lowest BCUT2D eigenvalue weighted by molar-refractivity contribution is 0.279. The quantitative estimate of drug-likeness (QED) is 0.590. The van der Waals surface area contributed by atoms with Gasteiger partial charge in [-0.05, 0) is 49.7 Å². The van der Waals surface area contributed by atoms with Crippen LogP contribution in [0.15, 0.2) is 41.5 Å². The summed E-state index contributed by atoms with van der Waals surface area (Å²) >= 11 is 1.69. The molecule has 0 radical (unpaired) electrons. The molecule has 2 aromatic heterocycles. The van der Waals surface area contributed by atoms with E-state index in [9.17, 15) is 4.79 Å². The molecule has 2 N–H and O–H groups in total. The molecule has 0 aliphatic heterocycles. The van der Waals surface area contributed by atoms with Gasteiger partial charge in [-0.3, -0.25) is 9.36 Å². The fourth-order valence-electron chi connectivity index (χ4n) is 5.53. The van der Waals surface area contributed by atoms with Crippen LogP contribution in [0.4, 0.5) is 0 Å². The Morgan fingerprint density at radius 3 is 2.81 bits per heavy atom.